The molecule has 0 aliphatic rings. The van der Waals surface area contributed by atoms with Gasteiger partial charge in [-0.25, -0.2) is 0 Å². The van der Waals surface area contributed by atoms with Gasteiger partial charge in [0.05, 0.1) is 6.04 Å². The molecule has 0 aromatic rings. The van der Waals surface area contributed by atoms with Gasteiger partial charge in [0.25, 0.3) is 0 Å². The van der Waals surface area contributed by atoms with E-state index in [4.69, 9.17) is 6.52 Å². The lowest BCUT2D eigenvalue weighted by Crippen LogP contribution is -2.47. The van der Waals surface area contributed by atoms with Crippen molar-refractivity contribution in [3.05, 3.63) is 0 Å². The molecule has 0 fully saturated rings. The Morgan fingerprint density at radius 3 is 2.43 bits per heavy atom. The zero-order valence-electron chi connectivity index (χ0n) is 9.70. The van der Waals surface area contributed by atoms with Crippen LogP contribution in [0.1, 0.15) is 27.2 Å². The Labute approximate surface area is 85.1 Å². The van der Waals surface area contributed by atoms with E-state index in [9.17, 15) is 9.59 Å². The number of hydrogen-bond acceptors (Lipinski definition) is 3. The van der Waals surface area contributed by atoms with Crippen molar-refractivity contribution in [3.8, 4) is 0 Å². The van der Waals surface area contributed by atoms with Gasteiger partial charge in [-0.15, -0.1) is 0 Å². The maximum Gasteiger partial charge on any atom is 0.325 e. The van der Waals surface area contributed by atoms with Crippen molar-refractivity contribution in [1.29, 1.82) is 0 Å². The Morgan fingerprint density at radius 1 is 1.50 bits per heavy atom. The summed E-state index contributed by atoms with van der Waals surface area (Å²) in [6.07, 6.45) is 0.502. The first-order chi connectivity index (χ1) is 6.88. The third kappa shape index (κ3) is 4.81. The number of nitrogens with one attached hydrogen (secondary N) is 1. The highest BCUT2D eigenvalue weighted by atomic mass is 16.4. The molecular weight excluding hydrogens is 184 g/mol. The van der Waals surface area contributed by atoms with Gasteiger partial charge in [-0.1, -0.05) is 13.8 Å². The molecule has 14 heavy (non-hydrogen) atoms. The first-order valence-electron chi connectivity index (χ1n) is 5.09. The van der Waals surface area contributed by atoms with Gasteiger partial charge in [0.15, 0.2) is 0 Å². The van der Waals surface area contributed by atoms with Gasteiger partial charge in [0, 0.05) is 0 Å². The number of carbonyl (C=O) groups excluding carboxylic acids is 1. The summed E-state index contributed by atoms with van der Waals surface area (Å²) >= 11 is 0. The van der Waals surface area contributed by atoms with E-state index in [1.54, 1.807) is 0 Å². The average molecular weight is 203 g/mol. The molecule has 0 rings (SSSR count). The zero-order valence-corrected chi connectivity index (χ0v) is 8.70. The van der Waals surface area contributed by atoms with Crippen molar-refractivity contribution < 1.29 is 16.1 Å². The molecular formula is C9H18N2O3. The second kappa shape index (κ2) is 5.59. The number of hydrogen-bond donors (Lipinski definition) is 3. The van der Waals surface area contributed by atoms with Crippen molar-refractivity contribution in [2.24, 2.45) is 11.6 Å². The predicted molar refractivity (Wildman–Crippen MR) is 52.7 cm³/mol. The molecule has 5 nitrogen and oxygen atoms in total. The van der Waals surface area contributed by atoms with Gasteiger partial charge >= 0.3 is 5.97 Å². The maximum absolute atomic E-state index is 11.5. The second-order valence-corrected chi connectivity index (χ2v) is 3.75. The zero-order chi connectivity index (χ0) is 12.0. The molecule has 5 heteroatoms. The van der Waals surface area contributed by atoms with E-state index >= 15 is 0 Å². The Balaban J connectivity index is 4.21. The number of carboxylic acids is 1. The fourth-order valence-electron chi connectivity index (χ4n) is 0.954. The van der Waals surface area contributed by atoms with E-state index in [-0.39, 0.29) is 5.92 Å². The smallest absolute Gasteiger partial charge is 0.325 e. The van der Waals surface area contributed by atoms with Crippen LogP contribution in [0.2, 0.25) is 1.41 Å². The molecule has 0 saturated carbocycles. The highest BCUT2D eigenvalue weighted by Crippen LogP contribution is 2.02. The lowest BCUT2D eigenvalue weighted by molar-refractivity contribution is -0.141. The van der Waals surface area contributed by atoms with Crippen molar-refractivity contribution in [1.82, 2.24) is 5.32 Å². The lowest BCUT2D eigenvalue weighted by Gasteiger charge is -2.16. The Morgan fingerprint density at radius 2 is 2.07 bits per heavy atom. The molecule has 0 aromatic heterocycles. The molecule has 2 atom stereocenters. The standard InChI is InChI=1S/C9H18N2O3/c1-5(2)4-7(10)8(12)11-6(3)9(13)14/h5-7H,4,10H2,1-3H3,(H,11,12)(H,13,14)/t6-,7-/m0/s1/i/hD. The van der Waals surface area contributed by atoms with Crippen LogP contribution in [0.15, 0.2) is 0 Å². The van der Waals surface area contributed by atoms with Crippen LogP contribution in [0.25, 0.3) is 0 Å². The molecule has 0 spiro atoms. The molecule has 0 saturated heterocycles. The van der Waals surface area contributed by atoms with E-state index in [0.717, 1.165) is 0 Å². The predicted octanol–water partition coefficient (Wildman–Crippen LogP) is -0.0509. The number of rotatable bonds is 6. The van der Waals surface area contributed by atoms with Gasteiger partial charge in [-0.2, -0.15) is 0 Å². The molecule has 0 aliphatic carbocycles. The Bertz CT molecular complexity index is 233. The van der Waals surface area contributed by atoms with E-state index in [0.29, 0.717) is 6.42 Å². The lowest BCUT2D eigenvalue weighted by atomic mass is 10.0. The van der Waals surface area contributed by atoms with Crippen molar-refractivity contribution in [2.75, 3.05) is 0 Å². The summed E-state index contributed by atoms with van der Waals surface area (Å²) in [6, 6.07) is -1.59. The van der Waals surface area contributed by atoms with E-state index in [1.165, 1.54) is 6.92 Å². The van der Waals surface area contributed by atoms with E-state index < -0.39 is 24.0 Å². The monoisotopic (exact) mass is 203 g/mol. The number of carboxylic acid groups (broad SMARTS) is 1. The third-order valence-corrected chi connectivity index (χ3v) is 1.75. The summed E-state index contributed by atoms with van der Waals surface area (Å²) < 4.78 is 6.98. The van der Waals surface area contributed by atoms with Gasteiger partial charge in [-0.05, 0) is 19.3 Å². The van der Waals surface area contributed by atoms with E-state index in [2.05, 4.69) is 11.0 Å². The summed E-state index contributed by atoms with van der Waals surface area (Å²) in [5.74, 6) is -1.27. The molecule has 82 valence electrons. The van der Waals surface area contributed by atoms with Gasteiger partial charge in [-0.3, -0.25) is 9.59 Å². The number of nitrogens with two attached hydrogens (primary N) is 1. The van der Waals surface area contributed by atoms with Crippen LogP contribution in [-0.2, 0) is 9.59 Å². The normalized spacial score (nSPS) is 15.9. The van der Waals surface area contributed by atoms with Crippen LogP contribution in [0.5, 0.6) is 0 Å². The van der Waals surface area contributed by atoms with Crippen LogP contribution in [-0.4, -0.2) is 29.1 Å². The van der Waals surface area contributed by atoms with Gasteiger partial charge in [0.1, 0.15) is 7.45 Å². The van der Waals surface area contributed by atoms with Crippen LogP contribution < -0.4 is 11.0 Å². The summed E-state index contributed by atoms with van der Waals surface area (Å²) in [5, 5.41) is 10.9. The topological polar surface area (TPSA) is 92.4 Å². The molecule has 0 heterocycles. The number of carbonyl (C=O) groups is 2. The first-order valence-corrected chi connectivity index (χ1v) is 4.59. The SMILES string of the molecule is [2H]N[C@@H](CC(C)C)C(=O)N[C@@H](C)C(=O)O. The average Bonchev–Trinajstić information content (AvgIpc) is 2.13. The summed E-state index contributed by atoms with van der Waals surface area (Å²) in [6.45, 7) is 5.24. The summed E-state index contributed by atoms with van der Waals surface area (Å²) in [7, 11) is 0. The van der Waals surface area contributed by atoms with Crippen molar-refractivity contribution >= 4 is 11.9 Å². The summed E-state index contributed by atoms with van der Waals surface area (Å²) in [4.78, 5) is 22.0. The largest absolute Gasteiger partial charge is 0.480 e. The van der Waals surface area contributed by atoms with Gasteiger partial charge in [0.2, 0.25) is 5.91 Å². The number of amides is 1. The first kappa shape index (κ1) is 11.0. The quantitative estimate of drug-likeness (QED) is 0.564. The van der Waals surface area contributed by atoms with Crippen LogP contribution >= 0.6 is 0 Å². The molecule has 0 radical (unpaired) electrons. The second-order valence-electron chi connectivity index (χ2n) is 3.75. The van der Waals surface area contributed by atoms with Crippen molar-refractivity contribution in [2.45, 2.75) is 39.3 Å². The maximum atomic E-state index is 11.5. The fraction of sp³-hybridized carbons (Fsp3) is 0.778. The molecule has 4 N–H and O–H groups in total. The van der Waals surface area contributed by atoms with Crippen LogP contribution in [0.3, 0.4) is 0 Å². The minimum absolute atomic E-state index is 0.263. The minimum Gasteiger partial charge on any atom is -0.480 e. The highest BCUT2D eigenvalue weighted by Gasteiger charge is 2.19. The number of aliphatic carboxylic acids is 1. The van der Waals surface area contributed by atoms with Crippen molar-refractivity contribution in [3.63, 3.8) is 0 Å². The molecule has 0 aliphatic heterocycles. The van der Waals surface area contributed by atoms with E-state index in [1.807, 2.05) is 13.8 Å². The molecule has 1 amide bonds. The molecule has 0 unspecified atom stereocenters. The third-order valence-electron chi connectivity index (χ3n) is 1.75. The summed E-state index contributed by atoms with van der Waals surface area (Å²) in [5.41, 5.74) is 2.12. The molecule has 0 aromatic carbocycles. The Hall–Kier alpha value is -1.10. The van der Waals surface area contributed by atoms with Crippen LogP contribution in [0, 0.1) is 5.92 Å². The van der Waals surface area contributed by atoms with Crippen LogP contribution in [0.4, 0.5) is 0 Å². The minimum atomic E-state index is -1.09. The van der Waals surface area contributed by atoms with Gasteiger partial charge < -0.3 is 16.2 Å². The fourth-order valence-corrected chi connectivity index (χ4v) is 0.954. The highest BCUT2D eigenvalue weighted by molar-refractivity contribution is 5.86. The Kier molecular flexibility index (Phi) is 4.39. The molecule has 0 bridgehead atoms.